The van der Waals surface area contributed by atoms with Gasteiger partial charge >= 0.3 is 6.09 Å². The summed E-state index contributed by atoms with van der Waals surface area (Å²) in [6.45, 7) is 8.91. The monoisotopic (exact) mass is 362 g/mol. The minimum Gasteiger partial charge on any atom is -0.444 e. The molecule has 0 aromatic rings. The second-order valence-electron chi connectivity index (χ2n) is 6.66. The van der Waals surface area contributed by atoms with E-state index in [1.165, 1.54) is 0 Å². The van der Waals surface area contributed by atoms with Crippen molar-refractivity contribution in [2.24, 2.45) is 5.92 Å². The first-order chi connectivity index (χ1) is 9.73. The van der Waals surface area contributed by atoms with Gasteiger partial charge in [0, 0.05) is 30.9 Å². The summed E-state index contributed by atoms with van der Waals surface area (Å²) >= 11 is 3.32. The summed E-state index contributed by atoms with van der Waals surface area (Å²) in [5, 5.41) is 3.91. The van der Waals surface area contributed by atoms with E-state index in [0.29, 0.717) is 19.5 Å². The molecule has 2 amide bonds. The Bertz CT molecular complexity index is 368. The lowest BCUT2D eigenvalue weighted by atomic mass is 9.94. The Hall–Kier alpha value is -0.780. The molecule has 2 unspecified atom stereocenters. The molecule has 122 valence electrons. The number of halogens is 1. The van der Waals surface area contributed by atoms with Crippen LogP contribution in [0.15, 0.2) is 0 Å². The Morgan fingerprint density at radius 1 is 1.38 bits per heavy atom. The molecular weight excluding hydrogens is 336 g/mol. The van der Waals surface area contributed by atoms with E-state index in [-0.39, 0.29) is 24.0 Å². The maximum Gasteiger partial charge on any atom is 0.410 e. The number of carbonyl (C=O) groups is 2. The van der Waals surface area contributed by atoms with Crippen LogP contribution in [-0.4, -0.2) is 47.0 Å². The number of rotatable bonds is 4. The normalized spacial score (nSPS) is 22.8. The highest BCUT2D eigenvalue weighted by molar-refractivity contribution is 9.09. The standard InChI is InChI=1S/C15H27BrN2O3/c1-11-10-18(14(20)21-15(2,3)4)9-7-12(11)17-13(19)6-5-8-16/h11-12H,5-10H2,1-4H3,(H,17,19). The number of alkyl halides is 1. The Kier molecular flexibility index (Phi) is 6.97. The van der Waals surface area contributed by atoms with Gasteiger partial charge in [-0.25, -0.2) is 4.79 Å². The number of carbonyl (C=O) groups excluding carboxylic acids is 2. The predicted molar refractivity (Wildman–Crippen MR) is 86.5 cm³/mol. The number of piperidine rings is 1. The Balaban J connectivity index is 2.43. The summed E-state index contributed by atoms with van der Waals surface area (Å²) in [4.78, 5) is 25.6. The first kappa shape index (κ1) is 18.3. The molecule has 0 aromatic carbocycles. The van der Waals surface area contributed by atoms with Crippen LogP contribution in [0.5, 0.6) is 0 Å². The minimum absolute atomic E-state index is 0.0945. The van der Waals surface area contributed by atoms with Gasteiger partial charge in [-0.2, -0.15) is 0 Å². The lowest BCUT2D eigenvalue weighted by Crippen LogP contribution is -2.52. The molecule has 5 nitrogen and oxygen atoms in total. The van der Waals surface area contributed by atoms with Gasteiger partial charge in [0.05, 0.1) is 0 Å². The number of ether oxygens (including phenoxy) is 1. The van der Waals surface area contributed by atoms with Gasteiger partial charge in [-0.1, -0.05) is 22.9 Å². The van der Waals surface area contributed by atoms with E-state index in [1.807, 2.05) is 20.8 Å². The molecule has 1 aliphatic rings. The number of amides is 2. The van der Waals surface area contributed by atoms with Crippen LogP contribution in [0.2, 0.25) is 0 Å². The number of nitrogens with zero attached hydrogens (tertiary/aromatic N) is 1. The number of nitrogens with one attached hydrogen (secondary N) is 1. The molecule has 21 heavy (non-hydrogen) atoms. The molecule has 0 saturated carbocycles. The van der Waals surface area contributed by atoms with Crippen molar-refractivity contribution in [1.82, 2.24) is 10.2 Å². The smallest absolute Gasteiger partial charge is 0.410 e. The van der Waals surface area contributed by atoms with Crippen molar-refractivity contribution in [3.05, 3.63) is 0 Å². The highest BCUT2D eigenvalue weighted by atomic mass is 79.9. The molecule has 1 rings (SSSR count). The Labute approximate surface area is 135 Å². The van der Waals surface area contributed by atoms with E-state index in [2.05, 4.69) is 28.2 Å². The van der Waals surface area contributed by atoms with E-state index in [1.54, 1.807) is 4.90 Å². The zero-order valence-corrected chi connectivity index (χ0v) is 15.0. The van der Waals surface area contributed by atoms with Gasteiger partial charge in [-0.15, -0.1) is 0 Å². The third-order valence-electron chi connectivity index (χ3n) is 3.44. The van der Waals surface area contributed by atoms with Crippen molar-refractivity contribution >= 4 is 27.9 Å². The summed E-state index contributed by atoms with van der Waals surface area (Å²) in [5.74, 6) is 0.330. The molecule has 0 bridgehead atoms. The van der Waals surface area contributed by atoms with Crippen LogP contribution in [0.3, 0.4) is 0 Å². The van der Waals surface area contributed by atoms with E-state index < -0.39 is 5.60 Å². The van der Waals surface area contributed by atoms with Crippen LogP contribution in [0.25, 0.3) is 0 Å². The largest absolute Gasteiger partial charge is 0.444 e. The molecule has 0 aromatic heterocycles. The molecule has 1 saturated heterocycles. The summed E-state index contributed by atoms with van der Waals surface area (Å²) in [7, 11) is 0. The number of hydrogen-bond donors (Lipinski definition) is 1. The van der Waals surface area contributed by atoms with Crippen molar-refractivity contribution in [3.63, 3.8) is 0 Å². The minimum atomic E-state index is -0.471. The molecule has 1 N–H and O–H groups in total. The SMILES string of the molecule is CC1CN(C(=O)OC(C)(C)C)CCC1NC(=O)CCCBr. The van der Waals surface area contributed by atoms with Crippen LogP contribution in [0, 0.1) is 5.92 Å². The van der Waals surface area contributed by atoms with Crippen molar-refractivity contribution in [3.8, 4) is 0 Å². The topological polar surface area (TPSA) is 58.6 Å². The fourth-order valence-corrected chi connectivity index (χ4v) is 2.64. The van der Waals surface area contributed by atoms with Crippen molar-refractivity contribution < 1.29 is 14.3 Å². The molecule has 1 aliphatic heterocycles. The number of hydrogen-bond acceptors (Lipinski definition) is 3. The molecule has 6 heteroatoms. The Morgan fingerprint density at radius 3 is 2.57 bits per heavy atom. The van der Waals surface area contributed by atoms with Gasteiger partial charge in [0.1, 0.15) is 5.60 Å². The second kappa shape index (κ2) is 8.01. The first-order valence-corrected chi connectivity index (χ1v) is 8.68. The van der Waals surface area contributed by atoms with Gasteiger partial charge in [-0.3, -0.25) is 4.79 Å². The highest BCUT2D eigenvalue weighted by Crippen LogP contribution is 2.19. The van der Waals surface area contributed by atoms with Gasteiger partial charge < -0.3 is 15.0 Å². The van der Waals surface area contributed by atoms with Crippen molar-refractivity contribution in [2.45, 2.75) is 58.6 Å². The predicted octanol–water partition coefficient (Wildman–Crippen LogP) is 2.92. The number of likely N-dealkylation sites (tertiary alicyclic amines) is 1. The molecule has 1 heterocycles. The molecule has 1 fully saturated rings. The van der Waals surface area contributed by atoms with E-state index in [4.69, 9.17) is 4.74 Å². The quantitative estimate of drug-likeness (QED) is 0.782. The summed E-state index contributed by atoms with van der Waals surface area (Å²) in [5.41, 5.74) is -0.471. The van der Waals surface area contributed by atoms with Gasteiger partial charge in [0.2, 0.25) is 5.91 Å². The van der Waals surface area contributed by atoms with Crippen LogP contribution < -0.4 is 5.32 Å². The fourth-order valence-electron chi connectivity index (χ4n) is 2.36. The van der Waals surface area contributed by atoms with E-state index in [9.17, 15) is 9.59 Å². The van der Waals surface area contributed by atoms with Gasteiger partial charge in [0.25, 0.3) is 0 Å². The third-order valence-corrected chi connectivity index (χ3v) is 4.00. The van der Waals surface area contributed by atoms with Crippen molar-refractivity contribution in [2.75, 3.05) is 18.4 Å². The Morgan fingerprint density at radius 2 is 2.05 bits per heavy atom. The molecule has 0 aliphatic carbocycles. The maximum absolute atomic E-state index is 12.0. The average Bonchev–Trinajstić information content (AvgIpc) is 2.36. The van der Waals surface area contributed by atoms with Crippen LogP contribution in [0.4, 0.5) is 4.79 Å². The summed E-state index contributed by atoms with van der Waals surface area (Å²) in [6.07, 6.45) is 1.90. The molecule has 0 spiro atoms. The fraction of sp³-hybridized carbons (Fsp3) is 0.867. The van der Waals surface area contributed by atoms with Crippen LogP contribution >= 0.6 is 15.9 Å². The van der Waals surface area contributed by atoms with E-state index in [0.717, 1.165) is 18.2 Å². The lowest BCUT2D eigenvalue weighted by molar-refractivity contribution is -0.122. The van der Waals surface area contributed by atoms with Crippen LogP contribution in [-0.2, 0) is 9.53 Å². The maximum atomic E-state index is 12.0. The lowest BCUT2D eigenvalue weighted by Gasteiger charge is -2.37. The van der Waals surface area contributed by atoms with E-state index >= 15 is 0 Å². The zero-order chi connectivity index (χ0) is 16.0. The molecule has 0 radical (unpaired) electrons. The summed E-state index contributed by atoms with van der Waals surface area (Å²) < 4.78 is 5.39. The second-order valence-corrected chi connectivity index (χ2v) is 7.45. The van der Waals surface area contributed by atoms with Crippen LogP contribution in [0.1, 0.15) is 47.0 Å². The zero-order valence-electron chi connectivity index (χ0n) is 13.4. The molecule has 2 atom stereocenters. The average molecular weight is 363 g/mol. The summed E-state index contributed by atoms with van der Waals surface area (Å²) in [6, 6.07) is 0.145. The molecular formula is C15H27BrN2O3. The third kappa shape index (κ3) is 6.68. The van der Waals surface area contributed by atoms with Crippen molar-refractivity contribution in [1.29, 1.82) is 0 Å². The highest BCUT2D eigenvalue weighted by Gasteiger charge is 2.31. The van der Waals surface area contributed by atoms with Gasteiger partial charge in [-0.05, 0) is 39.5 Å². The first-order valence-electron chi connectivity index (χ1n) is 7.56. The van der Waals surface area contributed by atoms with Gasteiger partial charge in [0.15, 0.2) is 0 Å².